The number of carbonyl (C=O) groups excluding carboxylic acids is 1. The topological polar surface area (TPSA) is 94.2 Å². The molecule has 1 amide bonds. The largest absolute Gasteiger partial charge is 0.486 e. The number of halogens is 1. The van der Waals surface area contributed by atoms with Crippen molar-refractivity contribution in [1.29, 1.82) is 0 Å². The molecule has 1 atom stereocenters. The lowest BCUT2D eigenvalue weighted by atomic mass is 10.2. The molecule has 2 aromatic carbocycles. The molecule has 8 nitrogen and oxygen atoms in total. The van der Waals surface area contributed by atoms with Crippen LogP contribution in [0.2, 0.25) is 5.02 Å². The van der Waals surface area contributed by atoms with Crippen LogP contribution in [0.1, 0.15) is 6.42 Å². The molecule has 154 valence electrons. The van der Waals surface area contributed by atoms with Gasteiger partial charge in [0.2, 0.25) is 10.0 Å². The Labute approximate surface area is 173 Å². The fourth-order valence-corrected chi connectivity index (χ4v) is 4.33. The van der Waals surface area contributed by atoms with Crippen LogP contribution in [0, 0.1) is 0 Å². The van der Waals surface area contributed by atoms with Crippen LogP contribution in [-0.4, -0.2) is 46.4 Å². The molecule has 29 heavy (non-hydrogen) atoms. The highest BCUT2D eigenvalue weighted by atomic mass is 35.5. The first kappa shape index (κ1) is 19.7. The van der Waals surface area contributed by atoms with E-state index in [4.69, 9.17) is 25.8 Å². The number of amides is 1. The molecule has 0 saturated carbocycles. The quantitative estimate of drug-likeness (QED) is 0.791. The van der Waals surface area contributed by atoms with Crippen molar-refractivity contribution in [3.8, 4) is 17.2 Å². The zero-order valence-electron chi connectivity index (χ0n) is 15.6. The normalized spacial score (nSPS) is 18.3. The summed E-state index contributed by atoms with van der Waals surface area (Å²) in [5.74, 6) is 1.06. The van der Waals surface area contributed by atoms with Crippen molar-refractivity contribution in [1.82, 2.24) is 0 Å². The van der Waals surface area contributed by atoms with Gasteiger partial charge in [-0.25, -0.2) is 8.42 Å². The first-order chi connectivity index (χ1) is 13.8. The van der Waals surface area contributed by atoms with Crippen LogP contribution in [0.4, 0.5) is 11.4 Å². The lowest BCUT2D eigenvalue weighted by molar-refractivity contribution is -0.122. The van der Waals surface area contributed by atoms with Gasteiger partial charge in [0.25, 0.3) is 5.91 Å². The van der Waals surface area contributed by atoms with Crippen LogP contribution < -0.4 is 23.8 Å². The van der Waals surface area contributed by atoms with Crippen molar-refractivity contribution in [3.63, 3.8) is 0 Å². The van der Waals surface area contributed by atoms with Crippen molar-refractivity contribution in [2.24, 2.45) is 0 Å². The molecule has 0 aromatic heterocycles. The maximum atomic E-state index is 12.8. The van der Waals surface area contributed by atoms with E-state index < -0.39 is 22.0 Å². The molecule has 0 fully saturated rings. The van der Waals surface area contributed by atoms with Gasteiger partial charge >= 0.3 is 0 Å². The van der Waals surface area contributed by atoms with E-state index in [1.54, 1.807) is 30.3 Å². The molecule has 10 heteroatoms. The first-order valence-electron chi connectivity index (χ1n) is 8.96. The van der Waals surface area contributed by atoms with E-state index >= 15 is 0 Å². The van der Waals surface area contributed by atoms with Gasteiger partial charge in [-0.1, -0.05) is 11.6 Å². The molecule has 2 aliphatic rings. The van der Waals surface area contributed by atoms with Crippen LogP contribution in [0.5, 0.6) is 17.2 Å². The fourth-order valence-electron chi connectivity index (χ4n) is 3.23. The smallest absolute Gasteiger partial charge is 0.265 e. The number of nitrogens with one attached hydrogen (secondary N) is 1. The van der Waals surface area contributed by atoms with Gasteiger partial charge in [0, 0.05) is 29.7 Å². The second kappa shape index (κ2) is 7.64. The molecule has 4 rings (SSSR count). The highest BCUT2D eigenvalue weighted by molar-refractivity contribution is 7.92. The lowest BCUT2D eigenvalue weighted by Crippen LogP contribution is -2.36. The second-order valence-electron chi connectivity index (χ2n) is 6.69. The van der Waals surface area contributed by atoms with Gasteiger partial charge in [-0.15, -0.1) is 0 Å². The number of nitrogens with zero attached hydrogens (tertiary/aromatic N) is 1. The monoisotopic (exact) mass is 438 g/mol. The van der Waals surface area contributed by atoms with Gasteiger partial charge in [-0.05, 0) is 30.3 Å². The Balaban J connectivity index is 1.56. The second-order valence-corrected chi connectivity index (χ2v) is 9.03. The van der Waals surface area contributed by atoms with E-state index in [-0.39, 0.29) is 18.7 Å². The highest BCUT2D eigenvalue weighted by Crippen LogP contribution is 2.37. The van der Waals surface area contributed by atoms with Crippen molar-refractivity contribution >= 4 is 38.9 Å². The minimum atomic E-state index is -3.57. The van der Waals surface area contributed by atoms with Gasteiger partial charge in [-0.2, -0.15) is 0 Å². The van der Waals surface area contributed by atoms with E-state index in [1.807, 2.05) is 0 Å². The van der Waals surface area contributed by atoms with Crippen LogP contribution in [0.25, 0.3) is 0 Å². The average Bonchev–Trinajstić information content (AvgIpc) is 2.87. The number of anilines is 2. The maximum Gasteiger partial charge on any atom is 0.265 e. The molecular weight excluding hydrogens is 420 g/mol. The standard InChI is InChI=1S/C19H19ClN2O6S/c1-29(24,25)22-7-6-17(28-15-4-2-12(20)10-14(15)22)19(23)21-13-3-5-16-18(11-13)27-9-8-26-16/h2-5,10-11,17H,6-9H2,1H3,(H,21,23)/t17-/m0/s1. The first-order valence-corrected chi connectivity index (χ1v) is 11.2. The Morgan fingerprint density at radius 3 is 2.59 bits per heavy atom. The van der Waals surface area contributed by atoms with E-state index in [9.17, 15) is 13.2 Å². The fraction of sp³-hybridized carbons (Fsp3) is 0.316. The van der Waals surface area contributed by atoms with Crippen molar-refractivity contribution < 1.29 is 27.4 Å². The molecular formula is C19H19ClN2O6S. The van der Waals surface area contributed by atoms with Crippen molar-refractivity contribution in [2.75, 3.05) is 35.6 Å². The van der Waals surface area contributed by atoms with Crippen LogP contribution >= 0.6 is 11.6 Å². The Morgan fingerprint density at radius 2 is 1.83 bits per heavy atom. The Bertz CT molecular complexity index is 1060. The van der Waals surface area contributed by atoms with Crippen molar-refractivity contribution in [2.45, 2.75) is 12.5 Å². The lowest BCUT2D eigenvalue weighted by Gasteiger charge is -2.21. The van der Waals surface area contributed by atoms with Gasteiger partial charge < -0.3 is 19.5 Å². The molecule has 2 aromatic rings. The van der Waals surface area contributed by atoms with Crippen LogP contribution in [0.15, 0.2) is 36.4 Å². The van der Waals surface area contributed by atoms with Gasteiger partial charge in [0.05, 0.1) is 11.9 Å². The van der Waals surface area contributed by atoms with Gasteiger partial charge in [0.1, 0.15) is 19.0 Å². The molecule has 0 spiro atoms. The average molecular weight is 439 g/mol. The molecule has 2 heterocycles. The summed E-state index contributed by atoms with van der Waals surface area (Å²) in [5, 5.41) is 3.17. The van der Waals surface area contributed by atoms with E-state index in [0.717, 1.165) is 6.26 Å². The summed E-state index contributed by atoms with van der Waals surface area (Å²) in [7, 11) is -3.57. The number of benzene rings is 2. The zero-order chi connectivity index (χ0) is 20.6. The summed E-state index contributed by atoms with van der Waals surface area (Å²) >= 11 is 6.03. The Morgan fingerprint density at radius 1 is 1.10 bits per heavy atom. The number of sulfonamides is 1. The van der Waals surface area contributed by atoms with E-state index in [2.05, 4.69) is 5.32 Å². The number of ether oxygens (including phenoxy) is 3. The van der Waals surface area contributed by atoms with Gasteiger partial charge in [0.15, 0.2) is 17.6 Å². The van der Waals surface area contributed by atoms with Crippen LogP contribution in [-0.2, 0) is 14.8 Å². The number of carbonyl (C=O) groups is 1. The summed E-state index contributed by atoms with van der Waals surface area (Å²) in [6.45, 7) is 1.01. The number of fused-ring (bicyclic) bond motifs is 2. The summed E-state index contributed by atoms with van der Waals surface area (Å²) in [6.07, 6.45) is 0.401. The van der Waals surface area contributed by atoms with Crippen LogP contribution in [0.3, 0.4) is 0 Å². The third-order valence-corrected chi connectivity index (χ3v) is 5.97. The molecule has 0 saturated heterocycles. The minimum absolute atomic E-state index is 0.0887. The minimum Gasteiger partial charge on any atom is -0.486 e. The summed E-state index contributed by atoms with van der Waals surface area (Å²) in [5.41, 5.74) is 0.845. The molecule has 0 aliphatic carbocycles. The zero-order valence-corrected chi connectivity index (χ0v) is 17.1. The molecule has 0 bridgehead atoms. The predicted molar refractivity (Wildman–Crippen MR) is 109 cm³/mol. The molecule has 0 unspecified atom stereocenters. The Kier molecular flexibility index (Phi) is 5.18. The van der Waals surface area contributed by atoms with Gasteiger partial charge in [-0.3, -0.25) is 9.10 Å². The van der Waals surface area contributed by atoms with E-state index in [1.165, 1.54) is 10.4 Å². The maximum absolute atomic E-state index is 12.8. The Hall–Kier alpha value is -2.65. The third kappa shape index (κ3) is 4.20. The number of hydrogen-bond acceptors (Lipinski definition) is 6. The molecule has 0 radical (unpaired) electrons. The SMILES string of the molecule is CS(=O)(=O)N1CC[C@@H](C(=O)Nc2ccc3c(c2)OCCO3)Oc2ccc(Cl)cc21. The number of rotatable bonds is 3. The third-order valence-electron chi connectivity index (χ3n) is 4.56. The summed E-state index contributed by atoms with van der Waals surface area (Å²) in [6, 6.07) is 9.77. The summed E-state index contributed by atoms with van der Waals surface area (Å²) < 4.78 is 42.5. The van der Waals surface area contributed by atoms with Crippen molar-refractivity contribution in [3.05, 3.63) is 41.4 Å². The predicted octanol–water partition coefficient (Wildman–Crippen LogP) is 2.67. The summed E-state index contributed by atoms with van der Waals surface area (Å²) in [4.78, 5) is 12.8. The highest BCUT2D eigenvalue weighted by Gasteiger charge is 2.31. The molecule has 1 N–H and O–H groups in total. The number of hydrogen-bond donors (Lipinski definition) is 1. The molecule has 2 aliphatic heterocycles. The van der Waals surface area contributed by atoms with E-state index in [0.29, 0.717) is 41.1 Å².